The third-order valence-electron chi connectivity index (χ3n) is 3.68. The van der Waals surface area contributed by atoms with E-state index in [0.717, 1.165) is 11.4 Å². The van der Waals surface area contributed by atoms with Gasteiger partial charge in [0.1, 0.15) is 0 Å². The van der Waals surface area contributed by atoms with Crippen molar-refractivity contribution in [2.24, 2.45) is 0 Å². The average molecular weight is 268 g/mol. The Morgan fingerprint density at radius 1 is 1.40 bits per heavy atom. The van der Waals surface area contributed by atoms with Crippen LogP contribution in [-0.4, -0.2) is 18.1 Å². The lowest BCUT2D eigenvalue weighted by molar-refractivity contribution is -0.132. The lowest BCUT2D eigenvalue weighted by Gasteiger charge is -2.23. The Morgan fingerprint density at radius 2 is 2.05 bits per heavy atom. The molecule has 4 nitrogen and oxygen atoms in total. The number of allylic oxidation sites excluding steroid dienone is 3. The molecular weight excluding hydrogens is 252 g/mol. The summed E-state index contributed by atoms with van der Waals surface area (Å²) in [6, 6.07) is 8.08. The smallest absolute Gasteiger partial charge is 0.333 e. The fourth-order valence-electron chi connectivity index (χ4n) is 2.62. The number of rotatable bonds is 2. The summed E-state index contributed by atoms with van der Waals surface area (Å²) >= 11 is 0. The van der Waals surface area contributed by atoms with E-state index >= 15 is 0 Å². The molecule has 0 amide bonds. The molecule has 4 heteroatoms. The normalized spacial score (nSPS) is 18.8. The van der Waals surface area contributed by atoms with E-state index in [1.165, 1.54) is 11.6 Å². The molecule has 0 fully saturated rings. The van der Waals surface area contributed by atoms with Gasteiger partial charge in [-0.05, 0) is 17.7 Å². The number of hydrogen-bond donors (Lipinski definition) is 1. The second-order valence-corrected chi connectivity index (χ2v) is 5.22. The fraction of sp³-hybridized carbons (Fsp3) is 0.250. The highest BCUT2D eigenvalue weighted by Gasteiger charge is 2.37. The van der Waals surface area contributed by atoms with Gasteiger partial charge in [0.05, 0.1) is 6.57 Å². The Morgan fingerprint density at radius 3 is 2.60 bits per heavy atom. The maximum Gasteiger partial charge on any atom is 0.333 e. The van der Waals surface area contributed by atoms with E-state index in [0.29, 0.717) is 0 Å². The van der Waals surface area contributed by atoms with E-state index < -0.39 is 5.97 Å². The summed E-state index contributed by atoms with van der Waals surface area (Å²) < 4.78 is 0. The second kappa shape index (κ2) is 4.86. The van der Waals surface area contributed by atoms with Gasteiger partial charge in [0.25, 0.3) is 5.70 Å². The number of para-hydroxylation sites is 1. The number of nitrogens with zero attached hydrogens (tertiary/aromatic N) is 2. The maximum absolute atomic E-state index is 10.9. The lowest BCUT2D eigenvalue weighted by Crippen LogP contribution is -2.22. The molecule has 0 unspecified atom stereocenters. The monoisotopic (exact) mass is 268 g/mol. The van der Waals surface area contributed by atoms with Crippen LogP contribution in [0, 0.1) is 6.57 Å². The molecule has 1 aromatic carbocycles. The van der Waals surface area contributed by atoms with Gasteiger partial charge in [0.2, 0.25) is 0 Å². The molecule has 20 heavy (non-hydrogen) atoms. The molecule has 2 rings (SSSR count). The molecule has 1 aliphatic rings. The zero-order valence-corrected chi connectivity index (χ0v) is 11.7. The van der Waals surface area contributed by atoms with Gasteiger partial charge in [0, 0.05) is 23.8 Å². The minimum atomic E-state index is -1.20. The first-order chi connectivity index (χ1) is 9.39. The Labute approximate surface area is 118 Å². The van der Waals surface area contributed by atoms with Crippen LogP contribution in [0.2, 0.25) is 0 Å². The number of likely N-dealkylation sites (N-methyl/N-ethyl adjacent to an activating group) is 1. The van der Waals surface area contributed by atoms with Crippen LogP contribution >= 0.6 is 0 Å². The lowest BCUT2D eigenvalue weighted by atomic mass is 9.84. The van der Waals surface area contributed by atoms with Gasteiger partial charge in [0.15, 0.2) is 0 Å². The zero-order valence-electron chi connectivity index (χ0n) is 11.7. The number of aliphatic carboxylic acids is 1. The first kappa shape index (κ1) is 13.9. The molecular formula is C16H16N2O2. The van der Waals surface area contributed by atoms with E-state index in [-0.39, 0.29) is 11.1 Å². The molecule has 1 N–H and O–H groups in total. The van der Waals surface area contributed by atoms with Crippen molar-refractivity contribution in [2.75, 3.05) is 11.9 Å². The third kappa shape index (κ3) is 2.08. The summed E-state index contributed by atoms with van der Waals surface area (Å²) in [6.07, 6.45) is 3.09. The van der Waals surface area contributed by atoms with Gasteiger partial charge in [-0.25, -0.2) is 4.85 Å². The molecule has 0 aliphatic carbocycles. The minimum Gasteiger partial charge on any atom is -0.486 e. The van der Waals surface area contributed by atoms with Crippen molar-refractivity contribution >= 4 is 11.7 Å². The van der Waals surface area contributed by atoms with Gasteiger partial charge in [-0.2, -0.15) is 0 Å². The van der Waals surface area contributed by atoms with Crippen LogP contribution < -0.4 is 4.90 Å². The molecule has 0 atom stereocenters. The maximum atomic E-state index is 10.9. The molecule has 1 aliphatic heterocycles. The zero-order chi connectivity index (χ0) is 14.9. The van der Waals surface area contributed by atoms with Crippen molar-refractivity contribution in [2.45, 2.75) is 19.3 Å². The summed E-state index contributed by atoms with van der Waals surface area (Å²) in [6.45, 7) is 11.1. The number of hydrogen-bond acceptors (Lipinski definition) is 2. The van der Waals surface area contributed by atoms with Gasteiger partial charge in [-0.15, -0.1) is 0 Å². The SMILES string of the molecule is [C-]#[N+]/C(=C\C=C1/N(C)c2ccccc2C1(C)C)C(=O)O. The van der Waals surface area contributed by atoms with Gasteiger partial charge in [-0.1, -0.05) is 38.1 Å². The van der Waals surface area contributed by atoms with Crippen LogP contribution in [0.4, 0.5) is 5.69 Å². The number of carboxylic acid groups (broad SMARTS) is 1. The number of benzene rings is 1. The quantitative estimate of drug-likeness (QED) is 0.662. The first-order valence-corrected chi connectivity index (χ1v) is 6.26. The molecule has 0 spiro atoms. The van der Waals surface area contributed by atoms with Crippen LogP contribution in [0.1, 0.15) is 19.4 Å². The molecule has 0 radical (unpaired) electrons. The fourth-order valence-corrected chi connectivity index (χ4v) is 2.62. The van der Waals surface area contributed by atoms with Crippen molar-refractivity contribution in [1.29, 1.82) is 0 Å². The number of fused-ring (bicyclic) bond motifs is 1. The van der Waals surface area contributed by atoms with Crippen LogP contribution in [0.25, 0.3) is 4.85 Å². The average Bonchev–Trinajstić information content (AvgIpc) is 2.60. The summed E-state index contributed by atoms with van der Waals surface area (Å²) in [5, 5.41) is 8.89. The summed E-state index contributed by atoms with van der Waals surface area (Å²) in [5.41, 5.74) is 2.78. The van der Waals surface area contributed by atoms with Crippen LogP contribution in [0.15, 0.2) is 47.8 Å². The van der Waals surface area contributed by atoms with Crippen molar-refractivity contribution in [3.8, 4) is 0 Å². The van der Waals surface area contributed by atoms with Crippen molar-refractivity contribution in [1.82, 2.24) is 0 Å². The molecule has 0 saturated carbocycles. The predicted molar refractivity (Wildman–Crippen MR) is 78.3 cm³/mol. The molecule has 1 aromatic rings. The van der Waals surface area contributed by atoms with Gasteiger partial charge < -0.3 is 10.0 Å². The summed E-state index contributed by atoms with van der Waals surface area (Å²) in [4.78, 5) is 15.9. The topological polar surface area (TPSA) is 44.9 Å². The number of carbonyl (C=O) groups is 1. The van der Waals surface area contributed by atoms with E-state index in [9.17, 15) is 4.79 Å². The summed E-state index contributed by atoms with van der Waals surface area (Å²) in [7, 11) is 1.95. The van der Waals surface area contributed by atoms with Gasteiger partial charge >= 0.3 is 5.97 Å². The van der Waals surface area contributed by atoms with E-state index in [1.54, 1.807) is 6.08 Å². The minimum absolute atomic E-state index is 0.215. The van der Waals surface area contributed by atoms with Gasteiger partial charge in [-0.3, -0.25) is 4.79 Å². The van der Waals surface area contributed by atoms with Crippen LogP contribution in [0.3, 0.4) is 0 Å². The number of anilines is 1. The van der Waals surface area contributed by atoms with E-state index in [4.69, 9.17) is 11.7 Å². The molecule has 0 bridgehead atoms. The van der Waals surface area contributed by atoms with Crippen LogP contribution in [0.5, 0.6) is 0 Å². The molecule has 102 valence electrons. The van der Waals surface area contributed by atoms with Crippen molar-refractivity contribution < 1.29 is 9.90 Å². The van der Waals surface area contributed by atoms with Crippen LogP contribution in [-0.2, 0) is 10.2 Å². The van der Waals surface area contributed by atoms with E-state index in [2.05, 4.69) is 24.8 Å². The Kier molecular flexibility index (Phi) is 3.37. The Balaban J connectivity index is 2.51. The Hall–Kier alpha value is -2.54. The van der Waals surface area contributed by atoms with Crippen molar-refractivity contribution in [3.63, 3.8) is 0 Å². The highest BCUT2D eigenvalue weighted by molar-refractivity contribution is 5.89. The summed E-state index contributed by atoms with van der Waals surface area (Å²) in [5.74, 6) is -1.20. The predicted octanol–water partition coefficient (Wildman–Crippen LogP) is 3.19. The number of carboxylic acids is 1. The first-order valence-electron chi connectivity index (χ1n) is 6.26. The molecule has 0 saturated heterocycles. The highest BCUT2D eigenvalue weighted by Crippen LogP contribution is 2.46. The molecule has 0 aromatic heterocycles. The second-order valence-electron chi connectivity index (χ2n) is 5.22. The third-order valence-corrected chi connectivity index (χ3v) is 3.68. The van der Waals surface area contributed by atoms with E-state index in [1.807, 2.05) is 30.1 Å². The standard InChI is InChI=1S/C16H16N2O2/c1-16(2)11-7-5-6-8-13(11)18(4)14(16)10-9-12(17-3)15(19)20/h5-10H,1-2,4H3,(H,19,20)/b12-9-,14-10-. The largest absolute Gasteiger partial charge is 0.486 e. The molecule has 1 heterocycles. The highest BCUT2D eigenvalue weighted by atomic mass is 16.4. The Bertz CT molecular complexity index is 663. The van der Waals surface area contributed by atoms with Crippen molar-refractivity contribution in [3.05, 3.63) is 64.8 Å².